The van der Waals surface area contributed by atoms with Gasteiger partial charge in [-0.2, -0.15) is 0 Å². The van der Waals surface area contributed by atoms with Crippen molar-refractivity contribution in [3.05, 3.63) is 78.9 Å². The fourth-order valence-electron chi connectivity index (χ4n) is 4.56. The minimum Gasteiger partial charge on any atom is -0.390 e. The van der Waals surface area contributed by atoms with Gasteiger partial charge in [0.2, 0.25) is 0 Å². The number of nitrogens with zero attached hydrogens (tertiary/aromatic N) is 3. The van der Waals surface area contributed by atoms with Gasteiger partial charge in [-0.05, 0) is 54.5 Å². The van der Waals surface area contributed by atoms with E-state index < -0.39 is 6.10 Å². The molecule has 1 fully saturated rings. The summed E-state index contributed by atoms with van der Waals surface area (Å²) in [6, 6.07) is 13.8. The van der Waals surface area contributed by atoms with Crippen LogP contribution in [0, 0.1) is 5.92 Å². The summed E-state index contributed by atoms with van der Waals surface area (Å²) in [7, 11) is 0. The van der Waals surface area contributed by atoms with Crippen molar-refractivity contribution in [1.82, 2.24) is 14.0 Å². The molecule has 7 heteroatoms. The van der Waals surface area contributed by atoms with Crippen molar-refractivity contribution < 1.29 is 5.11 Å². The van der Waals surface area contributed by atoms with E-state index in [0.717, 1.165) is 36.8 Å². The normalized spacial score (nSPS) is 17.6. The Labute approximate surface area is 188 Å². The van der Waals surface area contributed by atoms with Gasteiger partial charge in [0.25, 0.3) is 5.56 Å². The highest BCUT2D eigenvalue weighted by atomic mass is 79.9. The molecule has 0 spiro atoms. The summed E-state index contributed by atoms with van der Waals surface area (Å²) >= 11 is 3.45. The van der Waals surface area contributed by atoms with Crippen LogP contribution < -0.4 is 11.2 Å². The van der Waals surface area contributed by atoms with Crippen LogP contribution in [0.4, 0.5) is 0 Å². The number of rotatable bonds is 6. The Morgan fingerprint density at radius 2 is 1.81 bits per heavy atom. The number of β-amino-alcohol motifs (C(OH)–C–C–N with tert-alkyl or cyclic N) is 1. The highest BCUT2D eigenvalue weighted by Gasteiger charge is 2.25. The van der Waals surface area contributed by atoms with E-state index in [1.165, 1.54) is 15.7 Å². The average Bonchev–Trinajstić information content (AvgIpc) is 3.58. The maximum absolute atomic E-state index is 13.3. The van der Waals surface area contributed by atoms with Gasteiger partial charge in [-0.25, -0.2) is 4.79 Å². The molecule has 1 aliphatic carbocycles. The molecule has 1 aliphatic heterocycles. The lowest BCUT2D eigenvalue weighted by molar-refractivity contribution is 0.0896. The summed E-state index contributed by atoms with van der Waals surface area (Å²) in [4.78, 5) is 28.6. The van der Waals surface area contributed by atoms with E-state index in [4.69, 9.17) is 0 Å². The zero-order valence-electron chi connectivity index (χ0n) is 17.3. The summed E-state index contributed by atoms with van der Waals surface area (Å²) in [6.07, 6.45) is 2.38. The minimum atomic E-state index is -0.794. The van der Waals surface area contributed by atoms with Crippen molar-refractivity contribution >= 4 is 26.8 Å². The van der Waals surface area contributed by atoms with E-state index in [0.29, 0.717) is 29.9 Å². The lowest BCUT2D eigenvalue weighted by atomic mass is 10.00. The van der Waals surface area contributed by atoms with Crippen LogP contribution >= 0.6 is 15.9 Å². The SMILES string of the molecule is O=c1c2ccc(Br)cc2n(CC2CC2)c(=O)n1C[C@H](O)CN1CCc2ccccc2C1. The molecule has 0 amide bonds. The number of aliphatic hydroxyl groups excluding tert-OH is 1. The molecule has 162 valence electrons. The van der Waals surface area contributed by atoms with Crippen LogP contribution in [0.25, 0.3) is 10.9 Å². The molecule has 2 heterocycles. The van der Waals surface area contributed by atoms with Crippen molar-refractivity contribution in [3.8, 4) is 0 Å². The third kappa shape index (κ3) is 4.27. The summed E-state index contributed by atoms with van der Waals surface area (Å²) in [5, 5.41) is 11.3. The molecule has 2 aromatic carbocycles. The summed E-state index contributed by atoms with van der Waals surface area (Å²) in [6.45, 7) is 2.69. The van der Waals surface area contributed by atoms with Gasteiger partial charge in [-0.1, -0.05) is 40.2 Å². The highest BCUT2D eigenvalue weighted by Crippen LogP contribution is 2.31. The zero-order chi connectivity index (χ0) is 21.5. The van der Waals surface area contributed by atoms with E-state index >= 15 is 0 Å². The molecule has 0 bridgehead atoms. The van der Waals surface area contributed by atoms with E-state index in [9.17, 15) is 14.7 Å². The first-order valence-corrected chi connectivity index (χ1v) is 11.7. The van der Waals surface area contributed by atoms with Crippen molar-refractivity contribution in [2.75, 3.05) is 13.1 Å². The summed E-state index contributed by atoms with van der Waals surface area (Å²) in [5.41, 5.74) is 2.64. The Kier molecular flexibility index (Phi) is 5.58. The first-order valence-electron chi connectivity index (χ1n) is 10.9. The van der Waals surface area contributed by atoms with Crippen LogP contribution in [0.15, 0.2) is 56.5 Å². The van der Waals surface area contributed by atoms with Gasteiger partial charge in [0, 0.05) is 30.7 Å². The maximum atomic E-state index is 13.3. The summed E-state index contributed by atoms with van der Waals surface area (Å²) in [5.74, 6) is 0.490. The van der Waals surface area contributed by atoms with Gasteiger partial charge in [0.05, 0.1) is 23.6 Å². The molecule has 1 aromatic heterocycles. The maximum Gasteiger partial charge on any atom is 0.331 e. The highest BCUT2D eigenvalue weighted by molar-refractivity contribution is 9.10. The smallest absolute Gasteiger partial charge is 0.331 e. The lowest BCUT2D eigenvalue weighted by Gasteiger charge is -2.30. The number of benzene rings is 2. The number of hydrogen-bond donors (Lipinski definition) is 1. The van der Waals surface area contributed by atoms with E-state index in [2.05, 4.69) is 39.0 Å². The second kappa shape index (κ2) is 8.37. The molecule has 1 saturated carbocycles. The Morgan fingerprint density at radius 3 is 2.58 bits per heavy atom. The van der Waals surface area contributed by atoms with Crippen LogP contribution in [-0.4, -0.2) is 38.3 Å². The molecule has 6 nitrogen and oxygen atoms in total. The predicted molar refractivity (Wildman–Crippen MR) is 124 cm³/mol. The number of aliphatic hydroxyl groups is 1. The third-order valence-electron chi connectivity index (χ3n) is 6.40. The molecular weight excluding hydrogens is 458 g/mol. The number of fused-ring (bicyclic) bond motifs is 2. The van der Waals surface area contributed by atoms with Gasteiger partial charge in [0.1, 0.15) is 0 Å². The van der Waals surface area contributed by atoms with Crippen LogP contribution in [-0.2, 0) is 26.1 Å². The first-order chi connectivity index (χ1) is 15.0. The van der Waals surface area contributed by atoms with E-state index in [1.807, 2.05) is 18.2 Å². The largest absolute Gasteiger partial charge is 0.390 e. The molecular formula is C24H26BrN3O3. The number of hydrogen-bond acceptors (Lipinski definition) is 4. The Morgan fingerprint density at radius 1 is 1.03 bits per heavy atom. The lowest BCUT2D eigenvalue weighted by Crippen LogP contribution is -2.45. The van der Waals surface area contributed by atoms with Gasteiger partial charge >= 0.3 is 5.69 Å². The Hall–Kier alpha value is -2.22. The van der Waals surface area contributed by atoms with Gasteiger partial charge in [-0.15, -0.1) is 0 Å². The molecule has 0 radical (unpaired) electrons. The molecule has 5 rings (SSSR count). The second-order valence-electron chi connectivity index (χ2n) is 8.82. The number of halogens is 1. The van der Waals surface area contributed by atoms with Crippen molar-refractivity contribution in [2.24, 2.45) is 5.92 Å². The van der Waals surface area contributed by atoms with Gasteiger partial charge < -0.3 is 5.11 Å². The third-order valence-corrected chi connectivity index (χ3v) is 6.89. The fourth-order valence-corrected chi connectivity index (χ4v) is 4.91. The van der Waals surface area contributed by atoms with Crippen LogP contribution in [0.2, 0.25) is 0 Å². The number of aromatic nitrogens is 2. The average molecular weight is 484 g/mol. The van der Waals surface area contributed by atoms with Crippen LogP contribution in [0.1, 0.15) is 24.0 Å². The molecule has 0 saturated heterocycles. The van der Waals surface area contributed by atoms with E-state index in [1.54, 1.807) is 10.6 Å². The molecule has 2 aliphatic rings. The monoisotopic (exact) mass is 483 g/mol. The standard InChI is InChI=1S/C24H26BrN3O3/c25-19-7-8-21-22(11-19)27(12-16-5-6-16)24(31)28(23(21)30)15-20(29)14-26-10-9-17-3-1-2-4-18(17)13-26/h1-4,7-8,11,16,20,29H,5-6,9-10,12-15H2/t20-/m1/s1. The topological polar surface area (TPSA) is 67.5 Å². The van der Waals surface area contributed by atoms with Crippen molar-refractivity contribution in [1.29, 1.82) is 0 Å². The molecule has 1 atom stereocenters. The quantitative estimate of drug-likeness (QED) is 0.585. The molecule has 3 aromatic rings. The molecule has 1 N–H and O–H groups in total. The van der Waals surface area contributed by atoms with E-state index in [-0.39, 0.29) is 17.8 Å². The Bertz CT molecular complexity index is 1250. The predicted octanol–water partition coefficient (Wildman–Crippen LogP) is 2.75. The van der Waals surface area contributed by atoms with Gasteiger partial charge in [0.15, 0.2) is 0 Å². The second-order valence-corrected chi connectivity index (χ2v) is 9.74. The summed E-state index contributed by atoms with van der Waals surface area (Å²) < 4.78 is 3.77. The van der Waals surface area contributed by atoms with Crippen LogP contribution in [0.5, 0.6) is 0 Å². The Balaban J connectivity index is 1.41. The van der Waals surface area contributed by atoms with Gasteiger partial charge in [-0.3, -0.25) is 18.8 Å². The fraction of sp³-hybridized carbons (Fsp3) is 0.417. The molecule has 31 heavy (non-hydrogen) atoms. The zero-order valence-corrected chi connectivity index (χ0v) is 18.9. The first kappa shape index (κ1) is 20.7. The van der Waals surface area contributed by atoms with Crippen LogP contribution in [0.3, 0.4) is 0 Å². The minimum absolute atomic E-state index is 0.00643. The van der Waals surface area contributed by atoms with Crippen molar-refractivity contribution in [2.45, 2.75) is 45.0 Å². The molecule has 0 unspecified atom stereocenters. The van der Waals surface area contributed by atoms with Crippen molar-refractivity contribution in [3.63, 3.8) is 0 Å².